The first-order valence-corrected chi connectivity index (χ1v) is 8.16. The third kappa shape index (κ3) is 8.11. The highest BCUT2D eigenvalue weighted by Crippen LogP contribution is 2.30. The van der Waals surface area contributed by atoms with Gasteiger partial charge in [0.05, 0.1) is 0 Å². The van der Waals surface area contributed by atoms with Gasteiger partial charge in [0.2, 0.25) is 5.91 Å². The van der Waals surface area contributed by atoms with E-state index in [-0.39, 0.29) is 30.3 Å². The van der Waals surface area contributed by atoms with Crippen LogP contribution < -0.4 is 11.1 Å². The summed E-state index contributed by atoms with van der Waals surface area (Å²) in [5.41, 5.74) is 5.71. The van der Waals surface area contributed by atoms with Crippen molar-refractivity contribution in [2.75, 3.05) is 6.54 Å². The zero-order chi connectivity index (χ0) is 14.1. The second-order valence-corrected chi connectivity index (χ2v) is 6.28. The Morgan fingerprint density at radius 2 is 1.90 bits per heavy atom. The van der Waals surface area contributed by atoms with Gasteiger partial charge in [-0.15, -0.1) is 12.4 Å². The lowest BCUT2D eigenvalue weighted by atomic mass is 9.81. The maximum Gasteiger partial charge on any atom is 0.223 e. The maximum absolute atomic E-state index is 12.2. The zero-order valence-electron chi connectivity index (χ0n) is 13.2. The Hall–Kier alpha value is -0.280. The normalized spacial score (nSPS) is 18.9. The molecule has 120 valence electrons. The SMILES string of the molecule is CCCC(CC1CCCCC1)C(=O)NCCC(C)N.Cl. The molecule has 1 fully saturated rings. The van der Waals surface area contributed by atoms with Crippen LogP contribution in [0.25, 0.3) is 0 Å². The highest BCUT2D eigenvalue weighted by atomic mass is 35.5. The molecule has 0 bridgehead atoms. The monoisotopic (exact) mass is 304 g/mol. The van der Waals surface area contributed by atoms with Gasteiger partial charge in [0.25, 0.3) is 0 Å². The first kappa shape index (κ1) is 19.7. The number of amides is 1. The number of nitrogens with one attached hydrogen (secondary N) is 1. The summed E-state index contributed by atoms with van der Waals surface area (Å²) in [4.78, 5) is 12.2. The van der Waals surface area contributed by atoms with Crippen molar-refractivity contribution in [1.29, 1.82) is 0 Å². The Bertz CT molecular complexity index is 253. The Labute approximate surface area is 130 Å². The van der Waals surface area contributed by atoms with Crippen LogP contribution >= 0.6 is 12.4 Å². The summed E-state index contributed by atoms with van der Waals surface area (Å²) in [7, 11) is 0. The molecule has 0 aromatic heterocycles. The molecule has 1 aliphatic carbocycles. The smallest absolute Gasteiger partial charge is 0.223 e. The lowest BCUT2D eigenvalue weighted by Gasteiger charge is -2.26. The van der Waals surface area contributed by atoms with Crippen LogP contribution in [-0.4, -0.2) is 18.5 Å². The largest absolute Gasteiger partial charge is 0.356 e. The van der Waals surface area contributed by atoms with Crippen LogP contribution in [0.4, 0.5) is 0 Å². The Kier molecular flexibility index (Phi) is 11.2. The quantitative estimate of drug-likeness (QED) is 0.719. The molecule has 0 heterocycles. The van der Waals surface area contributed by atoms with Gasteiger partial charge >= 0.3 is 0 Å². The van der Waals surface area contributed by atoms with Crippen molar-refractivity contribution in [2.24, 2.45) is 17.6 Å². The predicted octanol–water partition coefficient (Wildman–Crippen LogP) is 3.65. The van der Waals surface area contributed by atoms with Crippen molar-refractivity contribution in [3.05, 3.63) is 0 Å². The van der Waals surface area contributed by atoms with E-state index in [4.69, 9.17) is 5.73 Å². The molecule has 0 spiro atoms. The average Bonchev–Trinajstić information content (AvgIpc) is 2.39. The lowest BCUT2D eigenvalue weighted by Crippen LogP contribution is -2.34. The minimum absolute atomic E-state index is 0. The predicted molar refractivity (Wildman–Crippen MR) is 88.1 cm³/mol. The van der Waals surface area contributed by atoms with Gasteiger partial charge in [0.1, 0.15) is 0 Å². The minimum atomic E-state index is 0. The van der Waals surface area contributed by atoms with Crippen molar-refractivity contribution in [2.45, 2.75) is 77.7 Å². The molecule has 2 atom stereocenters. The van der Waals surface area contributed by atoms with E-state index in [1.165, 1.54) is 32.1 Å². The lowest BCUT2D eigenvalue weighted by molar-refractivity contribution is -0.125. The van der Waals surface area contributed by atoms with Crippen molar-refractivity contribution in [1.82, 2.24) is 5.32 Å². The van der Waals surface area contributed by atoms with Crippen LogP contribution in [0.1, 0.15) is 71.6 Å². The van der Waals surface area contributed by atoms with Crippen molar-refractivity contribution in [3.8, 4) is 0 Å². The molecule has 1 saturated carbocycles. The second-order valence-electron chi connectivity index (χ2n) is 6.28. The molecular weight excluding hydrogens is 272 g/mol. The van der Waals surface area contributed by atoms with E-state index in [1.54, 1.807) is 0 Å². The summed E-state index contributed by atoms with van der Waals surface area (Å²) in [6.07, 6.45) is 10.8. The maximum atomic E-state index is 12.2. The number of rotatable bonds is 8. The second kappa shape index (κ2) is 11.4. The van der Waals surface area contributed by atoms with Crippen molar-refractivity contribution < 1.29 is 4.79 Å². The van der Waals surface area contributed by atoms with E-state index in [0.29, 0.717) is 0 Å². The number of carbonyl (C=O) groups is 1. The standard InChI is InChI=1S/C16H32N2O.ClH/c1-3-7-15(12-14-8-5-4-6-9-14)16(19)18-11-10-13(2)17;/h13-15H,3-12,17H2,1-2H3,(H,18,19);1H. The van der Waals surface area contributed by atoms with Crippen LogP contribution in [0, 0.1) is 11.8 Å². The van der Waals surface area contributed by atoms with Gasteiger partial charge in [0, 0.05) is 18.5 Å². The molecule has 0 radical (unpaired) electrons. The molecular formula is C16H33ClN2O. The van der Waals surface area contributed by atoms with Gasteiger partial charge < -0.3 is 11.1 Å². The van der Waals surface area contributed by atoms with E-state index in [9.17, 15) is 4.79 Å². The van der Waals surface area contributed by atoms with Crippen LogP contribution in [0.3, 0.4) is 0 Å². The summed E-state index contributed by atoms with van der Waals surface area (Å²) in [5, 5.41) is 3.07. The molecule has 0 aliphatic heterocycles. The van der Waals surface area contributed by atoms with Gasteiger partial charge in [-0.2, -0.15) is 0 Å². The minimum Gasteiger partial charge on any atom is -0.356 e. The summed E-state index contributed by atoms with van der Waals surface area (Å²) < 4.78 is 0. The van der Waals surface area contributed by atoms with Gasteiger partial charge in [-0.3, -0.25) is 4.79 Å². The molecule has 0 aromatic rings. The van der Waals surface area contributed by atoms with Crippen LogP contribution in [0.2, 0.25) is 0 Å². The number of nitrogens with two attached hydrogens (primary N) is 1. The third-order valence-corrected chi connectivity index (χ3v) is 4.25. The first-order valence-electron chi connectivity index (χ1n) is 8.16. The van der Waals surface area contributed by atoms with Crippen molar-refractivity contribution in [3.63, 3.8) is 0 Å². The van der Waals surface area contributed by atoms with E-state index in [0.717, 1.165) is 38.1 Å². The molecule has 20 heavy (non-hydrogen) atoms. The molecule has 1 amide bonds. The van der Waals surface area contributed by atoms with E-state index < -0.39 is 0 Å². The fourth-order valence-corrected chi connectivity index (χ4v) is 3.10. The van der Waals surface area contributed by atoms with Gasteiger partial charge in [0.15, 0.2) is 0 Å². The molecule has 0 saturated heterocycles. The summed E-state index contributed by atoms with van der Waals surface area (Å²) >= 11 is 0. The highest BCUT2D eigenvalue weighted by Gasteiger charge is 2.23. The fourth-order valence-electron chi connectivity index (χ4n) is 3.10. The van der Waals surface area contributed by atoms with Gasteiger partial charge in [-0.25, -0.2) is 0 Å². The Morgan fingerprint density at radius 3 is 2.45 bits per heavy atom. The number of halogens is 1. The van der Waals surface area contributed by atoms with Crippen LogP contribution in [0.5, 0.6) is 0 Å². The topological polar surface area (TPSA) is 55.1 Å². The summed E-state index contributed by atoms with van der Waals surface area (Å²) in [5.74, 6) is 1.26. The Balaban J connectivity index is 0.00000361. The zero-order valence-corrected chi connectivity index (χ0v) is 14.0. The molecule has 1 rings (SSSR count). The highest BCUT2D eigenvalue weighted by molar-refractivity contribution is 5.85. The van der Waals surface area contributed by atoms with E-state index in [1.807, 2.05) is 6.92 Å². The molecule has 4 heteroatoms. The summed E-state index contributed by atoms with van der Waals surface area (Å²) in [6.45, 7) is 4.88. The van der Waals surface area contributed by atoms with E-state index in [2.05, 4.69) is 12.2 Å². The molecule has 1 aliphatic rings. The number of hydrogen-bond acceptors (Lipinski definition) is 2. The first-order chi connectivity index (χ1) is 9.13. The molecule has 0 aromatic carbocycles. The van der Waals surface area contributed by atoms with E-state index >= 15 is 0 Å². The number of carbonyl (C=O) groups excluding carboxylic acids is 1. The number of hydrogen-bond donors (Lipinski definition) is 2. The Morgan fingerprint density at radius 1 is 1.25 bits per heavy atom. The third-order valence-electron chi connectivity index (χ3n) is 4.25. The molecule has 2 unspecified atom stereocenters. The molecule has 3 N–H and O–H groups in total. The molecule has 3 nitrogen and oxygen atoms in total. The average molecular weight is 305 g/mol. The van der Waals surface area contributed by atoms with Crippen molar-refractivity contribution >= 4 is 18.3 Å². The summed E-state index contributed by atoms with van der Waals surface area (Å²) in [6, 6.07) is 0.170. The van der Waals surface area contributed by atoms with Gasteiger partial charge in [-0.05, 0) is 32.1 Å². The van der Waals surface area contributed by atoms with Crippen LogP contribution in [-0.2, 0) is 4.79 Å². The van der Waals surface area contributed by atoms with Gasteiger partial charge in [-0.1, -0.05) is 45.4 Å². The fraction of sp³-hybridized carbons (Fsp3) is 0.938. The van der Waals surface area contributed by atoms with Crippen LogP contribution in [0.15, 0.2) is 0 Å².